The van der Waals surface area contributed by atoms with Gasteiger partial charge in [0.05, 0.1) is 17.6 Å². The van der Waals surface area contributed by atoms with Gasteiger partial charge in [0.15, 0.2) is 11.2 Å². The van der Waals surface area contributed by atoms with Crippen LogP contribution in [0.4, 0.5) is 13.2 Å². The van der Waals surface area contributed by atoms with E-state index in [4.69, 9.17) is 9.15 Å². The van der Waals surface area contributed by atoms with E-state index in [9.17, 15) is 27.6 Å². The van der Waals surface area contributed by atoms with Gasteiger partial charge in [0.25, 0.3) is 0 Å². The second-order valence-electron chi connectivity index (χ2n) is 9.22. The normalized spacial score (nSPS) is 17.9. The molecule has 1 aliphatic heterocycles. The molecule has 0 spiro atoms. The van der Waals surface area contributed by atoms with Crippen molar-refractivity contribution in [2.24, 2.45) is 10.9 Å². The van der Waals surface area contributed by atoms with Crippen molar-refractivity contribution in [2.75, 3.05) is 6.61 Å². The number of ketones is 1. The number of fused-ring (bicyclic) bond motifs is 1. The fourth-order valence-corrected chi connectivity index (χ4v) is 4.79. The lowest BCUT2D eigenvalue weighted by Crippen LogP contribution is -2.36. The van der Waals surface area contributed by atoms with Gasteiger partial charge in [-0.3, -0.25) is 19.4 Å². The molecule has 0 amide bonds. The van der Waals surface area contributed by atoms with Gasteiger partial charge in [-0.1, -0.05) is 31.2 Å². The number of esters is 1. The zero-order valence-electron chi connectivity index (χ0n) is 21.3. The molecule has 1 aliphatic rings. The van der Waals surface area contributed by atoms with Crippen molar-refractivity contribution in [2.45, 2.75) is 46.2 Å². The Morgan fingerprint density at radius 2 is 1.74 bits per heavy atom. The third-order valence-corrected chi connectivity index (χ3v) is 6.49. The van der Waals surface area contributed by atoms with Crippen LogP contribution < -0.4 is 5.43 Å². The average Bonchev–Trinajstić information content (AvgIpc) is 2.85. The monoisotopic (exact) mass is 525 g/mol. The first kappa shape index (κ1) is 27.0. The van der Waals surface area contributed by atoms with Gasteiger partial charge in [-0.25, -0.2) is 0 Å². The second kappa shape index (κ2) is 10.4. The van der Waals surface area contributed by atoms with Gasteiger partial charge in [-0.2, -0.15) is 13.2 Å². The Hall–Kier alpha value is -4.01. The molecule has 0 bridgehead atoms. The number of alkyl halides is 3. The van der Waals surface area contributed by atoms with E-state index in [0.29, 0.717) is 29.2 Å². The number of allylic oxidation sites excluding steroid dienone is 2. The molecule has 0 saturated carbocycles. The van der Waals surface area contributed by atoms with E-state index in [1.54, 1.807) is 39.0 Å². The summed E-state index contributed by atoms with van der Waals surface area (Å²) in [7, 11) is 0. The molecule has 2 aromatic carbocycles. The van der Waals surface area contributed by atoms with Crippen LogP contribution in [0, 0.1) is 12.8 Å². The first-order chi connectivity index (χ1) is 17.9. The number of aryl methyl sites for hydroxylation is 1. The molecule has 4 rings (SSSR count). The largest absolute Gasteiger partial charge is 0.465 e. The van der Waals surface area contributed by atoms with Gasteiger partial charge >= 0.3 is 12.1 Å². The maximum Gasteiger partial charge on any atom is 0.416 e. The van der Waals surface area contributed by atoms with Crippen molar-refractivity contribution in [3.8, 4) is 0 Å². The number of rotatable bonds is 6. The molecule has 9 heteroatoms. The number of para-hydroxylation sites is 1. The number of nitrogens with zero attached hydrogens (tertiary/aromatic N) is 1. The van der Waals surface area contributed by atoms with Crippen molar-refractivity contribution in [1.29, 1.82) is 0 Å². The zero-order chi connectivity index (χ0) is 27.8. The van der Waals surface area contributed by atoms with Gasteiger partial charge < -0.3 is 9.15 Å². The summed E-state index contributed by atoms with van der Waals surface area (Å²) in [6.45, 7) is 6.88. The lowest BCUT2D eigenvalue weighted by molar-refractivity contribution is -0.146. The molecule has 6 nitrogen and oxygen atoms in total. The molecular weight excluding hydrogens is 499 g/mol. The highest BCUT2D eigenvalue weighted by molar-refractivity contribution is 6.14. The van der Waals surface area contributed by atoms with E-state index in [2.05, 4.69) is 4.99 Å². The summed E-state index contributed by atoms with van der Waals surface area (Å²) in [6, 6.07) is 10.1. The number of ether oxygens (including phenoxy) is 1. The first-order valence-electron chi connectivity index (χ1n) is 12.1. The van der Waals surface area contributed by atoms with E-state index in [0.717, 1.165) is 24.3 Å². The summed E-state index contributed by atoms with van der Waals surface area (Å²) >= 11 is 0. The van der Waals surface area contributed by atoms with Gasteiger partial charge in [-0.05, 0) is 45.4 Å². The molecule has 198 valence electrons. The number of carbonyl (C=O) groups excluding carboxylic acids is 2. The highest BCUT2D eigenvalue weighted by Gasteiger charge is 2.43. The molecule has 38 heavy (non-hydrogen) atoms. The van der Waals surface area contributed by atoms with Gasteiger partial charge in [0.1, 0.15) is 17.3 Å². The predicted molar refractivity (Wildman–Crippen MR) is 136 cm³/mol. The predicted octanol–water partition coefficient (Wildman–Crippen LogP) is 6.40. The molecule has 0 aliphatic carbocycles. The Bertz CT molecular complexity index is 1530. The van der Waals surface area contributed by atoms with Gasteiger partial charge in [0, 0.05) is 40.1 Å². The number of Topliss-reactive ketones (excluding diaryl/α,β-unsaturated/α-hetero) is 1. The highest BCUT2D eigenvalue weighted by Crippen LogP contribution is 2.43. The minimum absolute atomic E-state index is 0.00523. The minimum Gasteiger partial charge on any atom is -0.465 e. The second-order valence-corrected chi connectivity index (χ2v) is 9.22. The molecular formula is C29H26F3NO5. The van der Waals surface area contributed by atoms with Gasteiger partial charge in [-0.15, -0.1) is 0 Å². The van der Waals surface area contributed by atoms with Crippen LogP contribution >= 0.6 is 0 Å². The molecule has 0 fully saturated rings. The van der Waals surface area contributed by atoms with Crippen molar-refractivity contribution < 1.29 is 31.9 Å². The Kier molecular flexibility index (Phi) is 7.40. The van der Waals surface area contributed by atoms with Gasteiger partial charge in [0.2, 0.25) is 0 Å². The van der Waals surface area contributed by atoms with Crippen LogP contribution in [-0.2, 0) is 15.7 Å². The van der Waals surface area contributed by atoms with Crippen molar-refractivity contribution in [3.05, 3.63) is 92.5 Å². The van der Waals surface area contributed by atoms with E-state index in [1.165, 1.54) is 6.07 Å². The van der Waals surface area contributed by atoms with E-state index >= 15 is 0 Å². The van der Waals surface area contributed by atoms with Crippen LogP contribution in [0.5, 0.6) is 0 Å². The van der Waals surface area contributed by atoms with Crippen LogP contribution in [0.15, 0.2) is 74.0 Å². The van der Waals surface area contributed by atoms with E-state index in [1.807, 2.05) is 6.92 Å². The molecule has 0 N–H and O–H groups in total. The summed E-state index contributed by atoms with van der Waals surface area (Å²) in [5, 5.41) is 0.271. The number of hydrogen-bond acceptors (Lipinski definition) is 6. The Balaban J connectivity index is 1.95. The van der Waals surface area contributed by atoms with Crippen LogP contribution in [-0.4, -0.2) is 24.1 Å². The third-order valence-electron chi connectivity index (χ3n) is 6.49. The number of carbonyl (C=O) groups is 2. The Labute approximate surface area is 216 Å². The maximum absolute atomic E-state index is 13.9. The summed E-state index contributed by atoms with van der Waals surface area (Å²) in [5.41, 5.74) is 0.292. The number of aliphatic imine (C=N–C) groups is 1. The highest BCUT2D eigenvalue weighted by atomic mass is 19.4. The number of halogens is 3. The van der Waals surface area contributed by atoms with Crippen molar-refractivity contribution in [1.82, 2.24) is 0 Å². The Morgan fingerprint density at radius 3 is 2.37 bits per heavy atom. The molecule has 1 aromatic heterocycles. The zero-order valence-corrected chi connectivity index (χ0v) is 21.3. The first-order valence-corrected chi connectivity index (χ1v) is 12.1. The molecule has 2 unspecified atom stereocenters. The van der Waals surface area contributed by atoms with Crippen molar-refractivity contribution in [3.63, 3.8) is 0 Å². The lowest BCUT2D eigenvalue weighted by Gasteiger charge is -2.32. The quantitative estimate of drug-likeness (QED) is 0.274. The topological polar surface area (TPSA) is 85.9 Å². The molecule has 0 saturated heterocycles. The SMILES string of the molecule is CCCOC(=O)C1C(C)=NC(C)=C(C(=O)c2ccc(C(F)(F)F)cc2)C1c1cccc2c(=O)cc(C)oc12. The average molecular weight is 526 g/mol. The summed E-state index contributed by atoms with van der Waals surface area (Å²) < 4.78 is 50.8. The standard InChI is InChI=1S/C29H26F3NO5/c1-5-13-37-28(36)24-17(4)33-16(3)23(26(35)18-9-11-19(12-10-18)29(30,31)32)25(24)21-8-6-7-20-22(34)14-15(2)38-27(20)21/h6-12,14,24-25H,5,13H2,1-4H3. The van der Waals surface area contributed by atoms with Crippen LogP contribution in [0.3, 0.4) is 0 Å². The molecule has 2 heterocycles. The minimum atomic E-state index is -4.56. The van der Waals surface area contributed by atoms with Crippen LogP contribution in [0.25, 0.3) is 11.0 Å². The van der Waals surface area contributed by atoms with Crippen molar-refractivity contribution >= 4 is 28.4 Å². The molecule has 2 atom stereocenters. The van der Waals surface area contributed by atoms with Crippen LogP contribution in [0.2, 0.25) is 0 Å². The summed E-state index contributed by atoms with van der Waals surface area (Å²) in [4.78, 5) is 44.4. The number of hydrogen-bond donors (Lipinski definition) is 0. The Morgan fingerprint density at radius 1 is 1.05 bits per heavy atom. The fraction of sp³-hybridized carbons (Fsp3) is 0.310. The summed E-state index contributed by atoms with van der Waals surface area (Å²) in [5.74, 6) is -2.82. The van der Waals surface area contributed by atoms with E-state index in [-0.39, 0.29) is 34.1 Å². The van der Waals surface area contributed by atoms with E-state index < -0.39 is 35.3 Å². The smallest absolute Gasteiger partial charge is 0.416 e. The lowest BCUT2D eigenvalue weighted by atomic mass is 9.73. The summed E-state index contributed by atoms with van der Waals surface area (Å²) in [6.07, 6.45) is -3.98. The number of benzene rings is 2. The van der Waals surface area contributed by atoms with Crippen LogP contribution in [0.1, 0.15) is 60.4 Å². The fourth-order valence-electron chi connectivity index (χ4n) is 4.79. The third kappa shape index (κ3) is 5.05. The molecule has 0 radical (unpaired) electrons. The maximum atomic E-state index is 13.9. The molecule has 3 aromatic rings.